The number of nitrogens with two attached hydrogens (primary N) is 1. The zero-order valence-electron chi connectivity index (χ0n) is 12.5. The molecule has 1 aliphatic carbocycles. The van der Waals surface area contributed by atoms with E-state index in [0.29, 0.717) is 11.9 Å². The van der Waals surface area contributed by atoms with E-state index in [1.807, 2.05) is 0 Å². The first-order valence-corrected chi connectivity index (χ1v) is 7.97. The summed E-state index contributed by atoms with van der Waals surface area (Å²) < 4.78 is 11.5. The van der Waals surface area contributed by atoms with Crippen LogP contribution in [0.2, 0.25) is 0 Å². The van der Waals surface area contributed by atoms with Crippen LogP contribution in [-0.2, 0) is 9.47 Å². The second-order valence-electron chi connectivity index (χ2n) is 6.57. The molecule has 5 heteroatoms. The van der Waals surface area contributed by atoms with Gasteiger partial charge in [-0.1, -0.05) is 0 Å². The molecule has 2 N–H and O–H groups in total. The largest absolute Gasteiger partial charge is 0.375 e. The summed E-state index contributed by atoms with van der Waals surface area (Å²) in [6.07, 6.45) is 6.34. The molecule has 0 aromatic rings. The molecule has 0 bridgehead atoms. The molecule has 0 aromatic carbocycles. The maximum atomic E-state index is 6.13. The Morgan fingerprint density at radius 2 is 2.25 bits per heavy atom. The number of ether oxygens (including phenoxy) is 2. The highest BCUT2D eigenvalue weighted by Crippen LogP contribution is 2.44. The third kappa shape index (κ3) is 3.09. The van der Waals surface area contributed by atoms with Crippen molar-refractivity contribution in [3.8, 4) is 0 Å². The van der Waals surface area contributed by atoms with Crippen LogP contribution in [0.15, 0.2) is 4.99 Å². The van der Waals surface area contributed by atoms with Crippen molar-refractivity contribution < 1.29 is 9.47 Å². The Bertz CT molecular complexity index is 368. The van der Waals surface area contributed by atoms with Gasteiger partial charge in [0.15, 0.2) is 5.96 Å². The first-order valence-electron chi connectivity index (χ1n) is 7.97. The summed E-state index contributed by atoms with van der Waals surface area (Å²) in [6.45, 7) is 6.29. The first kappa shape index (κ1) is 14.1. The molecule has 2 heterocycles. The van der Waals surface area contributed by atoms with Crippen molar-refractivity contribution >= 4 is 5.96 Å². The quantitative estimate of drug-likeness (QED) is 0.613. The second-order valence-corrected chi connectivity index (χ2v) is 6.57. The predicted octanol–water partition coefficient (Wildman–Crippen LogP) is 1.37. The average Bonchev–Trinajstić information content (AvgIpc) is 2.43. The highest BCUT2D eigenvalue weighted by molar-refractivity contribution is 5.78. The van der Waals surface area contributed by atoms with E-state index >= 15 is 0 Å². The molecule has 2 aliphatic heterocycles. The van der Waals surface area contributed by atoms with Crippen molar-refractivity contribution in [1.29, 1.82) is 0 Å². The summed E-state index contributed by atoms with van der Waals surface area (Å²) in [5.41, 5.74) is 6.34. The van der Waals surface area contributed by atoms with Gasteiger partial charge in [0.2, 0.25) is 0 Å². The summed E-state index contributed by atoms with van der Waals surface area (Å²) in [4.78, 5) is 6.78. The molecule has 5 nitrogen and oxygen atoms in total. The Balaban J connectivity index is 1.50. The van der Waals surface area contributed by atoms with Crippen molar-refractivity contribution in [2.24, 2.45) is 16.6 Å². The monoisotopic (exact) mass is 281 g/mol. The van der Waals surface area contributed by atoms with Gasteiger partial charge < -0.3 is 20.1 Å². The van der Waals surface area contributed by atoms with Gasteiger partial charge in [0.05, 0.1) is 18.3 Å². The number of hydrogen-bond donors (Lipinski definition) is 1. The van der Waals surface area contributed by atoms with E-state index < -0.39 is 0 Å². The number of rotatable bonds is 2. The van der Waals surface area contributed by atoms with E-state index in [9.17, 15) is 0 Å². The van der Waals surface area contributed by atoms with Gasteiger partial charge in [0.1, 0.15) is 0 Å². The minimum absolute atomic E-state index is 0.209. The Labute approximate surface area is 121 Å². The lowest BCUT2D eigenvalue weighted by Gasteiger charge is -2.47. The van der Waals surface area contributed by atoms with Crippen LogP contribution in [0.3, 0.4) is 0 Å². The molecule has 3 rings (SSSR count). The molecule has 3 aliphatic rings. The van der Waals surface area contributed by atoms with Gasteiger partial charge in [-0.05, 0) is 44.9 Å². The molecule has 1 saturated carbocycles. The van der Waals surface area contributed by atoms with Crippen LogP contribution in [0.5, 0.6) is 0 Å². The molecule has 2 atom stereocenters. The highest BCUT2D eigenvalue weighted by Gasteiger charge is 2.42. The van der Waals surface area contributed by atoms with Gasteiger partial charge in [-0.2, -0.15) is 0 Å². The van der Waals surface area contributed by atoms with Crippen molar-refractivity contribution in [3.63, 3.8) is 0 Å². The Morgan fingerprint density at radius 3 is 2.95 bits per heavy atom. The SMILES string of the molecule is CC1CN(C(N)=NCC2CCOC3(CCC3)C2)CCO1. The zero-order chi connectivity index (χ0) is 14.0. The van der Waals surface area contributed by atoms with Crippen molar-refractivity contribution in [1.82, 2.24) is 4.90 Å². The van der Waals surface area contributed by atoms with Gasteiger partial charge in [-0.25, -0.2) is 0 Å². The fraction of sp³-hybridized carbons (Fsp3) is 0.933. The highest BCUT2D eigenvalue weighted by atomic mass is 16.5. The topological polar surface area (TPSA) is 60.1 Å². The van der Waals surface area contributed by atoms with E-state index in [4.69, 9.17) is 15.2 Å². The second kappa shape index (κ2) is 5.90. The van der Waals surface area contributed by atoms with Crippen molar-refractivity contribution in [2.75, 3.05) is 32.8 Å². The van der Waals surface area contributed by atoms with Crippen LogP contribution in [0.4, 0.5) is 0 Å². The van der Waals surface area contributed by atoms with E-state index in [1.165, 1.54) is 25.7 Å². The molecule has 114 valence electrons. The molecule has 0 amide bonds. The average molecular weight is 281 g/mol. The maximum absolute atomic E-state index is 6.13. The van der Waals surface area contributed by atoms with Gasteiger partial charge in [-0.3, -0.25) is 4.99 Å². The lowest BCUT2D eigenvalue weighted by molar-refractivity contribution is -0.141. The van der Waals surface area contributed by atoms with Crippen LogP contribution < -0.4 is 5.73 Å². The third-order valence-electron chi connectivity index (χ3n) is 4.94. The molecule has 3 fully saturated rings. The third-order valence-corrected chi connectivity index (χ3v) is 4.94. The molecular weight excluding hydrogens is 254 g/mol. The minimum atomic E-state index is 0.209. The van der Waals surface area contributed by atoms with Gasteiger partial charge >= 0.3 is 0 Å². The van der Waals surface area contributed by atoms with Gasteiger partial charge in [0, 0.05) is 26.2 Å². The zero-order valence-corrected chi connectivity index (χ0v) is 12.5. The molecule has 2 unspecified atom stereocenters. The van der Waals surface area contributed by atoms with Crippen LogP contribution in [0.25, 0.3) is 0 Å². The fourth-order valence-corrected chi connectivity index (χ4v) is 3.55. The molecule has 20 heavy (non-hydrogen) atoms. The smallest absolute Gasteiger partial charge is 0.191 e. The van der Waals surface area contributed by atoms with Crippen LogP contribution in [0.1, 0.15) is 39.0 Å². The van der Waals surface area contributed by atoms with E-state index in [2.05, 4.69) is 16.8 Å². The Kier molecular flexibility index (Phi) is 4.17. The summed E-state index contributed by atoms with van der Waals surface area (Å²) in [5, 5.41) is 0. The molecule has 1 spiro atoms. The van der Waals surface area contributed by atoms with E-state index in [0.717, 1.165) is 39.3 Å². The standard InChI is InChI=1S/C15H27N3O2/c1-12-11-18(6-8-19-12)14(16)17-10-13-3-7-20-15(9-13)4-2-5-15/h12-13H,2-11H2,1H3,(H2,16,17). The molecular formula is C15H27N3O2. The Hall–Kier alpha value is -0.810. The number of morpholine rings is 1. The maximum Gasteiger partial charge on any atom is 0.191 e. The van der Waals surface area contributed by atoms with Crippen LogP contribution in [0, 0.1) is 5.92 Å². The Morgan fingerprint density at radius 1 is 1.40 bits per heavy atom. The molecule has 2 saturated heterocycles. The van der Waals surface area contributed by atoms with E-state index in [1.54, 1.807) is 0 Å². The number of hydrogen-bond acceptors (Lipinski definition) is 3. The summed E-state index contributed by atoms with van der Waals surface area (Å²) in [6, 6.07) is 0. The van der Waals surface area contributed by atoms with E-state index in [-0.39, 0.29) is 11.7 Å². The summed E-state index contributed by atoms with van der Waals surface area (Å²) >= 11 is 0. The molecule has 0 aromatic heterocycles. The normalized spacial score (nSPS) is 34.0. The van der Waals surface area contributed by atoms with Crippen molar-refractivity contribution in [3.05, 3.63) is 0 Å². The van der Waals surface area contributed by atoms with Gasteiger partial charge in [-0.15, -0.1) is 0 Å². The lowest BCUT2D eigenvalue weighted by atomic mass is 9.72. The minimum Gasteiger partial charge on any atom is -0.375 e. The number of nitrogens with zero attached hydrogens (tertiary/aromatic N) is 2. The van der Waals surface area contributed by atoms with Gasteiger partial charge in [0.25, 0.3) is 0 Å². The van der Waals surface area contributed by atoms with Crippen molar-refractivity contribution in [2.45, 2.75) is 50.7 Å². The fourth-order valence-electron chi connectivity index (χ4n) is 3.55. The summed E-state index contributed by atoms with van der Waals surface area (Å²) in [5.74, 6) is 1.33. The lowest BCUT2D eigenvalue weighted by Crippen LogP contribution is -2.48. The number of guanidine groups is 1. The predicted molar refractivity (Wildman–Crippen MR) is 78.7 cm³/mol. The van der Waals surface area contributed by atoms with Crippen LogP contribution in [-0.4, -0.2) is 55.4 Å². The summed E-state index contributed by atoms with van der Waals surface area (Å²) in [7, 11) is 0. The van der Waals surface area contributed by atoms with Crippen LogP contribution >= 0.6 is 0 Å². The first-order chi connectivity index (χ1) is 9.67. The number of aliphatic imine (C=N–C) groups is 1. The molecule has 0 radical (unpaired) electrons.